The number of aromatic hydroxyl groups is 1. The van der Waals surface area contributed by atoms with Crippen LogP contribution in [0.4, 0.5) is 13.2 Å². The maximum atomic E-state index is 12.1. The number of carbonyl (C=O) groups is 2. The molecular weight excluding hydrogens is 279 g/mol. The lowest BCUT2D eigenvalue weighted by Crippen LogP contribution is -2.40. The molecule has 0 saturated heterocycles. The summed E-state index contributed by atoms with van der Waals surface area (Å²) in [7, 11) is 0. The van der Waals surface area contributed by atoms with Crippen molar-refractivity contribution in [1.29, 1.82) is 0 Å². The predicted octanol–water partition coefficient (Wildman–Crippen LogP) is 1.17. The number of carbonyl (C=O) groups excluding carboxylic acids is 2. The van der Waals surface area contributed by atoms with Crippen molar-refractivity contribution in [2.75, 3.05) is 6.54 Å². The Labute approximate surface area is 112 Å². The first-order valence-corrected chi connectivity index (χ1v) is 5.48. The van der Waals surface area contributed by atoms with Gasteiger partial charge in [0.25, 0.3) is 5.91 Å². The van der Waals surface area contributed by atoms with E-state index in [1.165, 1.54) is 13.0 Å². The molecule has 0 saturated carbocycles. The Bertz CT molecular complexity index is 528. The molecule has 0 bridgehead atoms. The van der Waals surface area contributed by atoms with E-state index >= 15 is 0 Å². The molecule has 20 heavy (non-hydrogen) atoms. The number of nitrogens with one attached hydrogen (secondary N) is 1. The molecule has 0 radical (unpaired) electrons. The van der Waals surface area contributed by atoms with Crippen LogP contribution in [0.3, 0.4) is 0 Å². The maximum absolute atomic E-state index is 12.1. The SMILES string of the molecule is Cc1cc(C(=O)NC[C@H](O)C(F)(F)F)cc(C=O)c1O. The number of benzene rings is 1. The standard InChI is InChI=1S/C12H12F3NO4/c1-6-2-7(3-8(5-17)10(6)19)11(20)16-4-9(18)12(13,14)15/h2-3,5,9,18-19H,4H2,1H3,(H,16,20)/t9-/m0/s1. The third-order valence-electron chi connectivity index (χ3n) is 2.55. The van der Waals surface area contributed by atoms with Gasteiger partial charge in [-0.15, -0.1) is 0 Å². The van der Waals surface area contributed by atoms with E-state index in [0.29, 0.717) is 6.29 Å². The molecule has 0 aromatic heterocycles. The number of aryl methyl sites for hydroxylation is 1. The predicted molar refractivity (Wildman–Crippen MR) is 62.6 cm³/mol. The van der Waals surface area contributed by atoms with Crippen molar-refractivity contribution in [2.24, 2.45) is 0 Å². The fraction of sp³-hybridized carbons (Fsp3) is 0.333. The van der Waals surface area contributed by atoms with Gasteiger partial charge >= 0.3 is 6.18 Å². The summed E-state index contributed by atoms with van der Waals surface area (Å²) in [6, 6.07) is 2.27. The van der Waals surface area contributed by atoms with E-state index in [9.17, 15) is 27.9 Å². The highest BCUT2D eigenvalue weighted by molar-refractivity contribution is 5.97. The molecule has 0 heterocycles. The highest BCUT2D eigenvalue weighted by atomic mass is 19.4. The number of alkyl halides is 3. The minimum Gasteiger partial charge on any atom is -0.507 e. The first-order chi connectivity index (χ1) is 9.16. The minimum absolute atomic E-state index is 0.0863. The normalized spacial score (nSPS) is 12.8. The second kappa shape index (κ2) is 5.91. The van der Waals surface area contributed by atoms with E-state index < -0.39 is 24.7 Å². The van der Waals surface area contributed by atoms with Gasteiger partial charge in [-0.2, -0.15) is 13.2 Å². The quantitative estimate of drug-likeness (QED) is 0.727. The number of aldehydes is 1. The van der Waals surface area contributed by atoms with Crippen molar-refractivity contribution in [2.45, 2.75) is 19.2 Å². The zero-order valence-electron chi connectivity index (χ0n) is 10.4. The van der Waals surface area contributed by atoms with Crippen molar-refractivity contribution in [3.8, 4) is 5.75 Å². The number of aliphatic hydroxyl groups excluding tert-OH is 1. The van der Waals surface area contributed by atoms with Crippen LogP contribution in [0.2, 0.25) is 0 Å². The number of hydrogen-bond donors (Lipinski definition) is 3. The van der Waals surface area contributed by atoms with E-state index in [2.05, 4.69) is 0 Å². The van der Waals surface area contributed by atoms with Crippen LogP contribution in [0, 0.1) is 6.92 Å². The molecule has 1 rings (SSSR count). The molecule has 0 aliphatic rings. The summed E-state index contributed by atoms with van der Waals surface area (Å²) in [6.45, 7) is 0.433. The number of amides is 1. The molecule has 1 amide bonds. The maximum Gasteiger partial charge on any atom is 0.416 e. The van der Waals surface area contributed by atoms with Gasteiger partial charge < -0.3 is 15.5 Å². The monoisotopic (exact) mass is 291 g/mol. The van der Waals surface area contributed by atoms with Gasteiger partial charge in [0.05, 0.1) is 12.1 Å². The Hall–Kier alpha value is -2.09. The summed E-state index contributed by atoms with van der Waals surface area (Å²) in [5, 5.41) is 20.1. The van der Waals surface area contributed by atoms with Gasteiger partial charge in [-0.25, -0.2) is 0 Å². The molecule has 0 unspecified atom stereocenters. The molecule has 8 heteroatoms. The van der Waals surface area contributed by atoms with E-state index in [0.717, 1.165) is 6.07 Å². The average Bonchev–Trinajstić information content (AvgIpc) is 2.37. The van der Waals surface area contributed by atoms with Crippen LogP contribution < -0.4 is 5.32 Å². The Morgan fingerprint density at radius 3 is 2.55 bits per heavy atom. The second-order valence-corrected chi connectivity index (χ2v) is 4.12. The third-order valence-corrected chi connectivity index (χ3v) is 2.55. The number of phenolic OH excluding ortho intramolecular Hbond substituents is 1. The molecule has 110 valence electrons. The fourth-order valence-corrected chi connectivity index (χ4v) is 1.43. The summed E-state index contributed by atoms with van der Waals surface area (Å²) in [4.78, 5) is 22.3. The highest BCUT2D eigenvalue weighted by Gasteiger charge is 2.38. The number of halogens is 3. The van der Waals surface area contributed by atoms with Crippen LogP contribution in [0.5, 0.6) is 5.75 Å². The van der Waals surface area contributed by atoms with Crippen molar-refractivity contribution in [1.82, 2.24) is 5.32 Å². The summed E-state index contributed by atoms with van der Waals surface area (Å²) in [5.41, 5.74) is -0.000542. The van der Waals surface area contributed by atoms with Gasteiger partial charge in [0.1, 0.15) is 5.75 Å². The van der Waals surface area contributed by atoms with Gasteiger partial charge in [-0.1, -0.05) is 0 Å². The number of aliphatic hydroxyl groups is 1. The summed E-state index contributed by atoms with van der Waals surface area (Å²) < 4.78 is 36.2. The lowest BCUT2D eigenvalue weighted by Gasteiger charge is -2.15. The number of phenols is 1. The molecule has 0 aliphatic heterocycles. The van der Waals surface area contributed by atoms with Crippen LogP contribution in [0.15, 0.2) is 12.1 Å². The molecule has 1 atom stereocenters. The molecule has 0 aliphatic carbocycles. The lowest BCUT2D eigenvalue weighted by atomic mass is 10.0. The van der Waals surface area contributed by atoms with Gasteiger partial charge in [-0.3, -0.25) is 9.59 Å². The second-order valence-electron chi connectivity index (χ2n) is 4.12. The molecule has 0 spiro atoms. The summed E-state index contributed by atoms with van der Waals surface area (Å²) >= 11 is 0. The smallest absolute Gasteiger partial charge is 0.416 e. The third kappa shape index (κ3) is 3.70. The summed E-state index contributed by atoms with van der Waals surface area (Å²) in [6.07, 6.45) is -7.18. The van der Waals surface area contributed by atoms with Gasteiger partial charge in [-0.05, 0) is 24.6 Å². The van der Waals surface area contributed by atoms with E-state index in [-0.39, 0.29) is 22.4 Å². The van der Waals surface area contributed by atoms with Crippen molar-refractivity contribution in [3.05, 3.63) is 28.8 Å². The van der Waals surface area contributed by atoms with Gasteiger partial charge in [0.15, 0.2) is 12.4 Å². The fourth-order valence-electron chi connectivity index (χ4n) is 1.43. The van der Waals surface area contributed by atoms with Crippen LogP contribution in [-0.4, -0.2) is 41.2 Å². The van der Waals surface area contributed by atoms with E-state index in [1.807, 2.05) is 5.32 Å². The van der Waals surface area contributed by atoms with Crippen LogP contribution in [-0.2, 0) is 0 Å². The lowest BCUT2D eigenvalue weighted by molar-refractivity contribution is -0.201. The van der Waals surface area contributed by atoms with Crippen molar-refractivity contribution < 1.29 is 33.0 Å². The minimum atomic E-state index is -4.83. The molecule has 5 nitrogen and oxygen atoms in total. The molecular formula is C12H12F3NO4. The first-order valence-electron chi connectivity index (χ1n) is 5.48. The van der Waals surface area contributed by atoms with Crippen LogP contribution in [0.25, 0.3) is 0 Å². The van der Waals surface area contributed by atoms with Gasteiger partial charge in [0, 0.05) is 5.56 Å². The molecule has 1 aromatic carbocycles. The Morgan fingerprint density at radius 2 is 2.05 bits per heavy atom. The average molecular weight is 291 g/mol. The zero-order valence-corrected chi connectivity index (χ0v) is 10.4. The van der Waals surface area contributed by atoms with Crippen molar-refractivity contribution >= 4 is 12.2 Å². The Balaban J connectivity index is 2.84. The van der Waals surface area contributed by atoms with Gasteiger partial charge in [0.2, 0.25) is 0 Å². The van der Waals surface area contributed by atoms with Crippen LogP contribution in [0.1, 0.15) is 26.3 Å². The topological polar surface area (TPSA) is 86.6 Å². The number of hydrogen-bond acceptors (Lipinski definition) is 4. The van der Waals surface area contributed by atoms with E-state index in [4.69, 9.17) is 5.11 Å². The zero-order chi connectivity index (χ0) is 15.5. The molecule has 1 aromatic rings. The summed E-state index contributed by atoms with van der Waals surface area (Å²) in [5.74, 6) is -1.19. The Kier molecular flexibility index (Phi) is 4.72. The van der Waals surface area contributed by atoms with Crippen molar-refractivity contribution in [3.63, 3.8) is 0 Å². The number of rotatable bonds is 4. The largest absolute Gasteiger partial charge is 0.507 e. The molecule has 3 N–H and O–H groups in total. The van der Waals surface area contributed by atoms with E-state index in [1.54, 1.807) is 0 Å². The Morgan fingerprint density at radius 1 is 1.45 bits per heavy atom. The first kappa shape index (κ1) is 16.0. The highest BCUT2D eigenvalue weighted by Crippen LogP contribution is 2.23. The van der Waals surface area contributed by atoms with Crippen LogP contribution >= 0.6 is 0 Å². The molecule has 0 fully saturated rings.